The third-order valence-corrected chi connectivity index (χ3v) is 8.81. The Morgan fingerprint density at radius 1 is 1.16 bits per heavy atom. The van der Waals surface area contributed by atoms with Crippen molar-refractivity contribution < 1.29 is 5.11 Å². The van der Waals surface area contributed by atoms with E-state index < -0.39 is 0 Å². The fourth-order valence-corrected chi connectivity index (χ4v) is 6.91. The van der Waals surface area contributed by atoms with E-state index >= 15 is 0 Å². The van der Waals surface area contributed by atoms with E-state index in [1.807, 2.05) is 0 Å². The molecule has 3 saturated carbocycles. The van der Waals surface area contributed by atoms with Crippen molar-refractivity contribution in [3.63, 3.8) is 0 Å². The molecule has 0 aromatic carbocycles. The van der Waals surface area contributed by atoms with Crippen LogP contribution < -0.4 is 0 Å². The van der Waals surface area contributed by atoms with Gasteiger partial charge < -0.3 is 5.11 Å². The van der Waals surface area contributed by atoms with Crippen LogP contribution in [-0.4, -0.2) is 10.7 Å². The SMILES string of the molecule is C=C(C)[C@@H]1CC[C@]2(C)C(=C(C)C=C[C@@]23CC[C@@H](C2(O)CCCC2)C3)C1. The molecule has 1 spiro atoms. The Morgan fingerprint density at radius 2 is 1.88 bits per heavy atom. The molecule has 4 rings (SSSR count). The highest BCUT2D eigenvalue weighted by atomic mass is 16.3. The molecule has 4 aliphatic rings. The lowest BCUT2D eigenvalue weighted by molar-refractivity contribution is -0.0193. The minimum Gasteiger partial charge on any atom is -0.390 e. The first-order chi connectivity index (χ1) is 11.8. The molecule has 0 unspecified atom stereocenters. The zero-order valence-electron chi connectivity index (χ0n) is 16.5. The minimum atomic E-state index is -0.362. The van der Waals surface area contributed by atoms with Gasteiger partial charge in [-0.3, -0.25) is 0 Å². The molecule has 0 heterocycles. The second-order valence-electron chi connectivity index (χ2n) is 10.0. The number of hydrogen-bond donors (Lipinski definition) is 1. The summed E-state index contributed by atoms with van der Waals surface area (Å²) in [6.07, 6.45) is 16.9. The highest BCUT2D eigenvalue weighted by Gasteiger charge is 2.58. The Bertz CT molecular complexity index is 632. The molecule has 0 aromatic heterocycles. The molecule has 138 valence electrons. The Balaban J connectivity index is 1.64. The van der Waals surface area contributed by atoms with E-state index in [9.17, 15) is 5.11 Å². The third-order valence-electron chi connectivity index (χ3n) is 8.81. The van der Waals surface area contributed by atoms with Crippen molar-refractivity contribution >= 4 is 0 Å². The van der Waals surface area contributed by atoms with E-state index in [1.54, 1.807) is 5.57 Å². The predicted octanol–water partition coefficient (Wildman–Crippen LogP) is 6.35. The van der Waals surface area contributed by atoms with Crippen molar-refractivity contribution in [3.8, 4) is 0 Å². The van der Waals surface area contributed by atoms with Crippen molar-refractivity contribution in [2.75, 3.05) is 0 Å². The third kappa shape index (κ3) is 2.52. The van der Waals surface area contributed by atoms with Crippen molar-refractivity contribution in [1.82, 2.24) is 0 Å². The Morgan fingerprint density at radius 3 is 2.56 bits per heavy atom. The summed E-state index contributed by atoms with van der Waals surface area (Å²) in [5.41, 5.74) is 4.77. The van der Waals surface area contributed by atoms with Gasteiger partial charge in [0, 0.05) is 0 Å². The summed E-state index contributed by atoms with van der Waals surface area (Å²) < 4.78 is 0. The van der Waals surface area contributed by atoms with Crippen LogP contribution in [0.2, 0.25) is 0 Å². The van der Waals surface area contributed by atoms with Crippen LogP contribution in [-0.2, 0) is 0 Å². The second kappa shape index (κ2) is 5.84. The zero-order chi connectivity index (χ0) is 17.9. The van der Waals surface area contributed by atoms with E-state index in [0.29, 0.717) is 17.3 Å². The van der Waals surface area contributed by atoms with Gasteiger partial charge in [-0.15, -0.1) is 0 Å². The van der Waals surface area contributed by atoms with E-state index in [2.05, 4.69) is 39.5 Å². The molecule has 0 aliphatic heterocycles. The summed E-state index contributed by atoms with van der Waals surface area (Å²) in [6, 6.07) is 0. The molecular weight excluding hydrogens is 304 g/mol. The molecule has 4 aliphatic carbocycles. The lowest BCUT2D eigenvalue weighted by Crippen LogP contribution is -2.45. The van der Waals surface area contributed by atoms with Crippen LogP contribution >= 0.6 is 0 Å². The monoisotopic (exact) mass is 340 g/mol. The van der Waals surface area contributed by atoms with E-state index in [4.69, 9.17) is 0 Å². The van der Waals surface area contributed by atoms with Gasteiger partial charge in [-0.05, 0) is 87.9 Å². The first-order valence-corrected chi connectivity index (χ1v) is 10.6. The quantitative estimate of drug-likeness (QED) is 0.581. The molecule has 1 heteroatoms. The molecule has 3 fully saturated rings. The molecule has 0 amide bonds. The average molecular weight is 341 g/mol. The van der Waals surface area contributed by atoms with Gasteiger partial charge in [0.2, 0.25) is 0 Å². The van der Waals surface area contributed by atoms with Crippen LogP contribution in [0.4, 0.5) is 0 Å². The van der Waals surface area contributed by atoms with Gasteiger partial charge >= 0.3 is 0 Å². The van der Waals surface area contributed by atoms with Crippen molar-refractivity contribution in [3.05, 3.63) is 35.5 Å². The van der Waals surface area contributed by atoms with Crippen molar-refractivity contribution in [1.29, 1.82) is 0 Å². The van der Waals surface area contributed by atoms with Crippen LogP contribution in [0.5, 0.6) is 0 Å². The van der Waals surface area contributed by atoms with Gasteiger partial charge in [-0.1, -0.05) is 55.2 Å². The molecule has 0 saturated heterocycles. The fraction of sp³-hybridized carbons (Fsp3) is 0.750. The number of fused-ring (bicyclic) bond motifs is 2. The topological polar surface area (TPSA) is 20.2 Å². The maximum absolute atomic E-state index is 11.2. The molecule has 1 N–H and O–H groups in total. The Labute approximate surface area is 154 Å². The maximum atomic E-state index is 11.2. The van der Waals surface area contributed by atoms with Crippen LogP contribution in [0.15, 0.2) is 35.5 Å². The first-order valence-electron chi connectivity index (χ1n) is 10.6. The largest absolute Gasteiger partial charge is 0.390 e. The molecule has 4 atom stereocenters. The maximum Gasteiger partial charge on any atom is 0.0676 e. The molecule has 0 aromatic rings. The van der Waals surface area contributed by atoms with Crippen molar-refractivity contribution in [2.24, 2.45) is 22.7 Å². The van der Waals surface area contributed by atoms with Crippen LogP contribution in [0.1, 0.15) is 85.0 Å². The van der Waals surface area contributed by atoms with Gasteiger partial charge in [0.1, 0.15) is 0 Å². The van der Waals surface area contributed by atoms with E-state index in [0.717, 1.165) is 12.8 Å². The smallest absolute Gasteiger partial charge is 0.0676 e. The molecule has 0 radical (unpaired) electrons. The molecule has 1 nitrogen and oxygen atoms in total. The highest BCUT2D eigenvalue weighted by molar-refractivity contribution is 5.41. The summed E-state index contributed by atoms with van der Waals surface area (Å²) in [5.74, 6) is 1.17. The van der Waals surface area contributed by atoms with Gasteiger partial charge in [0.05, 0.1) is 5.60 Å². The van der Waals surface area contributed by atoms with Gasteiger partial charge in [0.15, 0.2) is 0 Å². The van der Waals surface area contributed by atoms with Crippen molar-refractivity contribution in [2.45, 2.75) is 90.6 Å². The summed E-state index contributed by atoms with van der Waals surface area (Å²) >= 11 is 0. The number of aliphatic hydroxyl groups is 1. The number of rotatable bonds is 2. The predicted molar refractivity (Wildman–Crippen MR) is 105 cm³/mol. The van der Waals surface area contributed by atoms with Gasteiger partial charge in [-0.25, -0.2) is 0 Å². The van der Waals surface area contributed by atoms with Crippen LogP contribution in [0.25, 0.3) is 0 Å². The first kappa shape index (κ1) is 17.6. The summed E-state index contributed by atoms with van der Waals surface area (Å²) in [4.78, 5) is 0. The summed E-state index contributed by atoms with van der Waals surface area (Å²) in [7, 11) is 0. The lowest BCUT2D eigenvalue weighted by Gasteiger charge is -2.54. The normalized spacial score (nSPS) is 42.9. The van der Waals surface area contributed by atoms with E-state index in [-0.39, 0.29) is 11.0 Å². The van der Waals surface area contributed by atoms with E-state index in [1.165, 1.54) is 62.5 Å². The second-order valence-corrected chi connectivity index (χ2v) is 10.0. The molecule has 25 heavy (non-hydrogen) atoms. The van der Waals surface area contributed by atoms with Crippen LogP contribution in [0, 0.1) is 22.7 Å². The Hall–Kier alpha value is -0.820. The number of hydrogen-bond acceptors (Lipinski definition) is 1. The minimum absolute atomic E-state index is 0.283. The Kier molecular flexibility index (Phi) is 4.11. The number of allylic oxidation sites excluding steroid dienone is 5. The molecule has 0 bridgehead atoms. The standard InChI is InChI=1S/C24H36O/c1-17(2)19-8-12-22(4)21(15-19)18(3)7-13-23(22)14-9-20(16-23)24(25)10-5-6-11-24/h7,13,19-20,25H,1,5-6,8-12,14-16H2,2-4H3/t19-,20-,22-,23+/m1/s1. The van der Waals surface area contributed by atoms with Gasteiger partial charge in [0.25, 0.3) is 0 Å². The average Bonchev–Trinajstić information content (AvgIpc) is 3.20. The summed E-state index contributed by atoms with van der Waals surface area (Å²) in [5, 5.41) is 11.2. The fourth-order valence-electron chi connectivity index (χ4n) is 6.91. The lowest BCUT2D eigenvalue weighted by atomic mass is 9.50. The highest BCUT2D eigenvalue weighted by Crippen LogP contribution is 2.66. The molecular formula is C24H36O. The van der Waals surface area contributed by atoms with Crippen LogP contribution in [0.3, 0.4) is 0 Å². The summed E-state index contributed by atoms with van der Waals surface area (Å²) in [6.45, 7) is 11.3. The van der Waals surface area contributed by atoms with Gasteiger partial charge in [-0.2, -0.15) is 0 Å². The zero-order valence-corrected chi connectivity index (χ0v) is 16.5.